The summed E-state index contributed by atoms with van der Waals surface area (Å²) in [5.41, 5.74) is 0. The molecule has 1 fully saturated rings. The zero-order valence-corrected chi connectivity index (χ0v) is 40.1. The highest BCUT2D eigenvalue weighted by Gasteiger charge is 2.44. The molecule has 0 aromatic heterocycles. The number of aliphatic hydroxyl groups is 5. The Balaban J connectivity index is 2.14. The van der Waals surface area contributed by atoms with Gasteiger partial charge in [0, 0.05) is 6.42 Å². The van der Waals surface area contributed by atoms with Gasteiger partial charge in [0.05, 0.1) is 25.4 Å². The van der Waals surface area contributed by atoms with Gasteiger partial charge in [-0.15, -0.1) is 0 Å². The van der Waals surface area contributed by atoms with Crippen LogP contribution in [0.1, 0.15) is 239 Å². The van der Waals surface area contributed by atoms with E-state index in [9.17, 15) is 30.3 Å². The molecule has 0 aromatic rings. The van der Waals surface area contributed by atoms with Crippen molar-refractivity contribution in [2.45, 2.75) is 281 Å². The van der Waals surface area contributed by atoms with Crippen molar-refractivity contribution in [3.63, 3.8) is 0 Å². The lowest BCUT2D eigenvalue weighted by Crippen LogP contribution is -2.60. The maximum Gasteiger partial charge on any atom is 0.220 e. The molecule has 1 saturated heterocycles. The number of unbranched alkanes of at least 4 members (excludes halogenated alkanes) is 30. The van der Waals surface area contributed by atoms with Crippen molar-refractivity contribution in [2.75, 3.05) is 13.2 Å². The van der Waals surface area contributed by atoms with Gasteiger partial charge in [-0.1, -0.05) is 211 Å². The van der Waals surface area contributed by atoms with Crippen LogP contribution in [0.5, 0.6) is 0 Å². The van der Waals surface area contributed by atoms with Crippen LogP contribution in [-0.2, 0) is 14.3 Å². The molecule has 9 heteroatoms. The summed E-state index contributed by atoms with van der Waals surface area (Å²) >= 11 is 0. The lowest BCUT2D eigenvalue weighted by atomic mass is 9.99. The van der Waals surface area contributed by atoms with E-state index in [0.29, 0.717) is 6.42 Å². The maximum absolute atomic E-state index is 13.0. The third-order valence-electron chi connectivity index (χ3n) is 12.4. The Labute approximate surface area is 381 Å². The molecule has 0 aromatic carbocycles. The van der Waals surface area contributed by atoms with Crippen molar-refractivity contribution in [3.8, 4) is 0 Å². The Hall–Kier alpha value is -1.59. The zero-order chi connectivity index (χ0) is 45.1. The van der Waals surface area contributed by atoms with E-state index in [1.165, 1.54) is 180 Å². The van der Waals surface area contributed by atoms with Gasteiger partial charge in [0.25, 0.3) is 0 Å². The van der Waals surface area contributed by atoms with E-state index >= 15 is 0 Å². The van der Waals surface area contributed by atoms with Crippen molar-refractivity contribution in [1.82, 2.24) is 5.32 Å². The lowest BCUT2D eigenvalue weighted by Gasteiger charge is -2.40. The Bertz CT molecular complexity index is 1070. The van der Waals surface area contributed by atoms with Crippen molar-refractivity contribution < 1.29 is 39.8 Å². The van der Waals surface area contributed by atoms with Crippen LogP contribution in [0.15, 0.2) is 36.5 Å². The van der Waals surface area contributed by atoms with Gasteiger partial charge >= 0.3 is 0 Å². The second-order valence-electron chi connectivity index (χ2n) is 18.3. The molecular formula is C53H99NO8. The van der Waals surface area contributed by atoms with E-state index in [1.54, 1.807) is 6.08 Å². The first kappa shape index (κ1) is 58.4. The standard InChI is InChI=1S/C53H99NO8/c1-3-5-7-9-11-13-15-16-17-18-19-20-21-22-23-24-25-26-27-28-29-30-31-32-33-35-37-39-41-43-49(57)54-46(45-61-53-52(60)51(59)50(58)48(44-55)62-53)47(56)42-40-38-36-34-14-12-10-8-6-4-2/h14,18-19,34,40,42,46-48,50-53,55-56,58-60H,3-13,15-17,20-33,35-39,41,43-45H2,1-2H3,(H,54,57)/b19-18-,34-14+,42-40+. The number of amides is 1. The number of aliphatic hydroxyl groups excluding tert-OH is 5. The molecule has 0 aliphatic carbocycles. The van der Waals surface area contributed by atoms with E-state index in [4.69, 9.17) is 9.47 Å². The van der Waals surface area contributed by atoms with Crippen molar-refractivity contribution in [1.29, 1.82) is 0 Å². The van der Waals surface area contributed by atoms with Crippen molar-refractivity contribution in [3.05, 3.63) is 36.5 Å². The second-order valence-corrected chi connectivity index (χ2v) is 18.3. The quantitative estimate of drug-likeness (QED) is 0.0262. The van der Waals surface area contributed by atoms with Crippen LogP contribution in [0.25, 0.3) is 0 Å². The van der Waals surface area contributed by atoms with E-state index in [1.807, 2.05) is 6.08 Å². The van der Waals surface area contributed by atoms with Gasteiger partial charge in [-0.3, -0.25) is 4.79 Å². The fourth-order valence-electron chi connectivity index (χ4n) is 8.23. The summed E-state index contributed by atoms with van der Waals surface area (Å²) in [5, 5.41) is 54.1. The van der Waals surface area contributed by atoms with Crippen LogP contribution in [0.2, 0.25) is 0 Å². The number of rotatable bonds is 44. The van der Waals surface area contributed by atoms with Gasteiger partial charge in [-0.25, -0.2) is 0 Å². The SMILES string of the molecule is CCCCCC/C=C/CC/C=C/C(O)C(COC1OC(CO)C(O)C(O)C1O)NC(=O)CCCCCCCCCCCCCCCCCCC/C=C\CCCCCCCCCC. The summed E-state index contributed by atoms with van der Waals surface area (Å²) in [6.07, 6.45) is 48.0. The van der Waals surface area contributed by atoms with Gasteiger partial charge in [0.1, 0.15) is 24.4 Å². The molecule has 0 radical (unpaired) electrons. The summed E-state index contributed by atoms with van der Waals surface area (Å²) in [6, 6.07) is -0.818. The highest BCUT2D eigenvalue weighted by atomic mass is 16.7. The first-order chi connectivity index (χ1) is 30.3. The summed E-state index contributed by atoms with van der Waals surface area (Å²) in [7, 11) is 0. The highest BCUT2D eigenvalue weighted by Crippen LogP contribution is 2.23. The highest BCUT2D eigenvalue weighted by molar-refractivity contribution is 5.76. The molecule has 1 amide bonds. The number of ether oxygens (including phenoxy) is 2. The summed E-state index contributed by atoms with van der Waals surface area (Å²) in [5.74, 6) is -0.187. The molecule has 364 valence electrons. The molecule has 1 aliphatic rings. The van der Waals surface area contributed by atoms with E-state index in [-0.39, 0.29) is 12.5 Å². The van der Waals surface area contributed by atoms with Crippen LogP contribution in [0.4, 0.5) is 0 Å². The maximum atomic E-state index is 13.0. The Morgan fingerprint density at radius 3 is 1.37 bits per heavy atom. The van der Waals surface area contributed by atoms with Crippen LogP contribution in [0.3, 0.4) is 0 Å². The van der Waals surface area contributed by atoms with Crippen LogP contribution in [-0.4, -0.2) is 87.5 Å². The van der Waals surface area contributed by atoms with E-state index in [0.717, 1.165) is 38.5 Å². The molecule has 1 heterocycles. The van der Waals surface area contributed by atoms with Crippen LogP contribution >= 0.6 is 0 Å². The number of carbonyl (C=O) groups excluding carboxylic acids is 1. The minimum Gasteiger partial charge on any atom is -0.394 e. The van der Waals surface area contributed by atoms with Crippen LogP contribution in [0, 0.1) is 0 Å². The first-order valence-electron chi connectivity index (χ1n) is 26.2. The normalized spacial score (nSPS) is 20.5. The van der Waals surface area contributed by atoms with E-state index in [2.05, 4.69) is 43.5 Å². The molecule has 0 bridgehead atoms. The van der Waals surface area contributed by atoms with Gasteiger partial charge in [-0.2, -0.15) is 0 Å². The largest absolute Gasteiger partial charge is 0.394 e. The summed E-state index contributed by atoms with van der Waals surface area (Å²) in [6.45, 7) is 3.73. The molecule has 7 atom stereocenters. The molecule has 1 aliphatic heterocycles. The first-order valence-corrected chi connectivity index (χ1v) is 26.2. The van der Waals surface area contributed by atoms with Gasteiger partial charge in [0.15, 0.2) is 6.29 Å². The fraction of sp³-hybridized carbons (Fsp3) is 0.868. The second kappa shape index (κ2) is 43.3. The van der Waals surface area contributed by atoms with Gasteiger partial charge in [0.2, 0.25) is 5.91 Å². The summed E-state index contributed by atoms with van der Waals surface area (Å²) < 4.78 is 11.2. The number of hydrogen-bond acceptors (Lipinski definition) is 8. The lowest BCUT2D eigenvalue weighted by molar-refractivity contribution is -0.302. The topological polar surface area (TPSA) is 149 Å². The Morgan fingerprint density at radius 2 is 0.919 bits per heavy atom. The van der Waals surface area contributed by atoms with Crippen LogP contribution < -0.4 is 5.32 Å². The zero-order valence-electron chi connectivity index (χ0n) is 40.1. The van der Waals surface area contributed by atoms with Crippen molar-refractivity contribution >= 4 is 5.91 Å². The molecule has 9 nitrogen and oxygen atoms in total. The Morgan fingerprint density at radius 1 is 0.532 bits per heavy atom. The van der Waals surface area contributed by atoms with Gasteiger partial charge < -0.3 is 40.3 Å². The molecule has 0 saturated carbocycles. The predicted octanol–water partition coefficient (Wildman–Crippen LogP) is 12.0. The average Bonchev–Trinajstić information content (AvgIpc) is 3.27. The number of hydrogen-bond donors (Lipinski definition) is 6. The Kier molecular flexibility index (Phi) is 40.8. The van der Waals surface area contributed by atoms with Gasteiger partial charge in [-0.05, 0) is 57.8 Å². The number of carbonyl (C=O) groups is 1. The van der Waals surface area contributed by atoms with Crippen molar-refractivity contribution in [2.24, 2.45) is 0 Å². The molecule has 0 spiro atoms. The predicted molar refractivity (Wildman–Crippen MR) is 258 cm³/mol. The minimum atomic E-state index is -1.57. The molecule has 62 heavy (non-hydrogen) atoms. The number of nitrogens with one attached hydrogen (secondary N) is 1. The monoisotopic (exact) mass is 878 g/mol. The molecule has 6 N–H and O–H groups in total. The molecule has 1 rings (SSSR count). The third-order valence-corrected chi connectivity index (χ3v) is 12.4. The number of allylic oxidation sites excluding steroid dienone is 5. The third kappa shape index (κ3) is 33.0. The smallest absolute Gasteiger partial charge is 0.220 e. The minimum absolute atomic E-state index is 0.187. The molecule has 7 unspecified atom stereocenters. The van der Waals surface area contributed by atoms with E-state index < -0.39 is 49.5 Å². The average molecular weight is 878 g/mol. The fourth-order valence-corrected chi connectivity index (χ4v) is 8.23. The molecular weight excluding hydrogens is 779 g/mol. The summed E-state index contributed by atoms with van der Waals surface area (Å²) in [4.78, 5) is 13.0.